The van der Waals surface area contributed by atoms with Crippen LogP contribution in [0.4, 0.5) is 0 Å². The van der Waals surface area contributed by atoms with E-state index in [2.05, 4.69) is 18.8 Å². The maximum Gasteiger partial charge on any atom is 3.00 e. The third-order valence-electron chi connectivity index (χ3n) is 1.82. The molecule has 0 bridgehead atoms. The number of aryl methyl sites for hydroxylation is 3. The van der Waals surface area contributed by atoms with Gasteiger partial charge in [0.1, 0.15) is 0 Å². The molecule has 0 atom stereocenters. The van der Waals surface area contributed by atoms with Crippen molar-refractivity contribution in [3.63, 3.8) is 0 Å². The van der Waals surface area contributed by atoms with Gasteiger partial charge in [-0.1, -0.05) is 45.5 Å². The third kappa shape index (κ3) is 10.3. The van der Waals surface area contributed by atoms with Crippen molar-refractivity contribution in [1.82, 2.24) is 0 Å². The summed E-state index contributed by atoms with van der Waals surface area (Å²) in [6.45, 7) is 5.66. The molecule has 0 aliphatic heterocycles. The van der Waals surface area contributed by atoms with Crippen LogP contribution in [-0.4, -0.2) is 0 Å². The molecule has 0 spiro atoms. The maximum atomic E-state index is 4.71. The van der Waals surface area contributed by atoms with Crippen molar-refractivity contribution in [3.05, 3.63) is 72.5 Å². The summed E-state index contributed by atoms with van der Waals surface area (Å²) >= 11 is 0. The standard InChI is InChI=1S/3C5H5O.CH4.Cr/c3*1-5-3-2-4-6-5;;/h3*2-3H,1H3;1H4;/q3*-1;;+3. The summed E-state index contributed by atoms with van der Waals surface area (Å²) in [5.74, 6) is 2.74. The molecule has 3 aromatic heterocycles. The summed E-state index contributed by atoms with van der Waals surface area (Å²) < 4.78 is 14.1. The molecular formula is C16H19CrO3. The Kier molecular flexibility index (Phi) is 12.8. The Balaban J connectivity index is 0. The second kappa shape index (κ2) is 12.4. The van der Waals surface area contributed by atoms with Crippen LogP contribution in [0, 0.1) is 39.6 Å². The minimum absolute atomic E-state index is 0. The van der Waals surface area contributed by atoms with Crippen LogP contribution in [0.1, 0.15) is 24.7 Å². The molecule has 0 saturated heterocycles. The van der Waals surface area contributed by atoms with Crippen LogP contribution in [0.15, 0.2) is 49.6 Å². The first-order chi connectivity index (χ1) is 8.68. The fraction of sp³-hybridized carbons (Fsp3) is 0.250. The van der Waals surface area contributed by atoms with Crippen molar-refractivity contribution in [3.8, 4) is 0 Å². The molecule has 1 radical (unpaired) electrons. The Morgan fingerprint density at radius 3 is 0.950 bits per heavy atom. The van der Waals surface area contributed by atoms with Crippen molar-refractivity contribution in [1.29, 1.82) is 0 Å². The Labute approximate surface area is 131 Å². The molecular weight excluding hydrogens is 292 g/mol. The Morgan fingerprint density at radius 2 is 0.900 bits per heavy atom. The predicted molar refractivity (Wildman–Crippen MR) is 73.6 cm³/mol. The van der Waals surface area contributed by atoms with Crippen molar-refractivity contribution in [2.45, 2.75) is 28.2 Å². The van der Waals surface area contributed by atoms with Gasteiger partial charge in [-0.3, -0.25) is 0 Å². The Morgan fingerprint density at radius 1 is 0.650 bits per heavy atom. The smallest absolute Gasteiger partial charge is 0.596 e. The monoisotopic (exact) mass is 311 g/mol. The quantitative estimate of drug-likeness (QED) is 0.560. The first-order valence-corrected chi connectivity index (χ1v) is 5.46. The normalized spacial score (nSPS) is 7.95. The van der Waals surface area contributed by atoms with Gasteiger partial charge in [0.2, 0.25) is 0 Å². The molecule has 3 rings (SSSR count). The van der Waals surface area contributed by atoms with E-state index in [0.29, 0.717) is 0 Å². The van der Waals surface area contributed by atoms with E-state index in [4.69, 9.17) is 13.3 Å². The molecule has 0 aliphatic carbocycles. The van der Waals surface area contributed by atoms with Crippen LogP contribution in [0.3, 0.4) is 0 Å². The van der Waals surface area contributed by atoms with Crippen molar-refractivity contribution >= 4 is 0 Å². The zero-order valence-electron chi connectivity index (χ0n) is 11.1. The average molecular weight is 311 g/mol. The summed E-state index contributed by atoms with van der Waals surface area (Å²) in [5, 5.41) is 0. The zero-order valence-corrected chi connectivity index (χ0v) is 12.4. The molecule has 0 aliphatic rings. The van der Waals surface area contributed by atoms with Gasteiger partial charge < -0.3 is 13.3 Å². The first kappa shape index (κ1) is 20.7. The van der Waals surface area contributed by atoms with Crippen LogP contribution in [0.5, 0.6) is 0 Å². The molecule has 0 aromatic carbocycles. The van der Waals surface area contributed by atoms with Gasteiger partial charge in [0.05, 0.1) is 0 Å². The zero-order chi connectivity index (χ0) is 13.2. The third-order valence-corrected chi connectivity index (χ3v) is 1.82. The minimum Gasteiger partial charge on any atom is -0.596 e. The van der Waals surface area contributed by atoms with Gasteiger partial charge in [0.25, 0.3) is 0 Å². The van der Waals surface area contributed by atoms with Crippen molar-refractivity contribution in [2.24, 2.45) is 0 Å². The van der Waals surface area contributed by atoms with Gasteiger partial charge >= 0.3 is 17.4 Å². The maximum absolute atomic E-state index is 4.71. The van der Waals surface area contributed by atoms with E-state index in [1.807, 2.05) is 39.0 Å². The fourth-order valence-electron chi connectivity index (χ4n) is 0.937. The Bertz CT molecular complexity index is 405. The molecule has 0 N–H and O–H groups in total. The van der Waals surface area contributed by atoms with Gasteiger partial charge in [-0.15, -0.1) is 18.2 Å². The molecule has 0 amide bonds. The first-order valence-electron chi connectivity index (χ1n) is 5.46. The number of hydrogen-bond acceptors (Lipinski definition) is 3. The molecule has 4 heteroatoms. The minimum atomic E-state index is 0. The van der Waals surface area contributed by atoms with Crippen molar-refractivity contribution in [2.75, 3.05) is 0 Å². The summed E-state index contributed by atoms with van der Waals surface area (Å²) in [6.07, 6.45) is 7.66. The predicted octanol–water partition coefficient (Wildman–Crippen LogP) is 4.80. The Hall–Kier alpha value is -1.63. The molecule has 3 nitrogen and oxygen atoms in total. The van der Waals surface area contributed by atoms with Crippen LogP contribution < -0.4 is 0 Å². The topological polar surface area (TPSA) is 39.4 Å². The fourth-order valence-corrected chi connectivity index (χ4v) is 0.937. The van der Waals surface area contributed by atoms with E-state index >= 15 is 0 Å². The molecule has 0 saturated carbocycles. The number of furan rings is 3. The SMILES string of the molecule is C.Cc1cc[c-]o1.Cc1cc[c-]o1.Cc1cc[c-]o1.[Cr+3]. The van der Waals surface area contributed by atoms with Gasteiger partial charge in [0.15, 0.2) is 0 Å². The summed E-state index contributed by atoms with van der Waals surface area (Å²) in [7, 11) is 0. The summed E-state index contributed by atoms with van der Waals surface area (Å²) in [5.41, 5.74) is 0. The average Bonchev–Trinajstić information content (AvgIpc) is 3.05. The van der Waals surface area contributed by atoms with Gasteiger partial charge in [-0.05, 0) is 18.8 Å². The molecule has 0 fully saturated rings. The van der Waals surface area contributed by atoms with Crippen LogP contribution in [-0.2, 0) is 17.4 Å². The van der Waals surface area contributed by atoms with Gasteiger partial charge in [-0.25, -0.2) is 0 Å². The molecule has 20 heavy (non-hydrogen) atoms. The second-order valence-corrected chi connectivity index (χ2v) is 3.49. The van der Waals surface area contributed by atoms with Crippen molar-refractivity contribution < 1.29 is 30.6 Å². The van der Waals surface area contributed by atoms with E-state index < -0.39 is 0 Å². The van der Waals surface area contributed by atoms with Crippen LogP contribution in [0.2, 0.25) is 0 Å². The van der Waals surface area contributed by atoms with E-state index in [9.17, 15) is 0 Å². The van der Waals surface area contributed by atoms with E-state index in [1.54, 1.807) is 18.2 Å². The summed E-state index contributed by atoms with van der Waals surface area (Å²) in [4.78, 5) is 0. The number of hydrogen-bond donors (Lipinski definition) is 0. The van der Waals surface area contributed by atoms with Crippen LogP contribution >= 0.6 is 0 Å². The van der Waals surface area contributed by atoms with E-state index in [0.717, 1.165) is 17.3 Å². The number of rotatable bonds is 0. The van der Waals surface area contributed by atoms with Crippen LogP contribution in [0.25, 0.3) is 0 Å². The van der Waals surface area contributed by atoms with E-state index in [-0.39, 0.29) is 24.8 Å². The van der Waals surface area contributed by atoms with Gasteiger partial charge in [0, 0.05) is 0 Å². The molecule has 0 unspecified atom stereocenters. The largest absolute Gasteiger partial charge is 3.00 e. The molecule has 3 aromatic rings. The second-order valence-electron chi connectivity index (χ2n) is 3.49. The van der Waals surface area contributed by atoms with E-state index in [1.165, 1.54) is 0 Å². The molecule has 107 valence electrons. The van der Waals surface area contributed by atoms with Gasteiger partial charge in [-0.2, -0.15) is 18.2 Å². The summed E-state index contributed by atoms with van der Waals surface area (Å²) in [6, 6.07) is 10.8. The molecule has 3 heterocycles.